The van der Waals surface area contributed by atoms with Crippen LogP contribution >= 0.6 is 0 Å². The van der Waals surface area contributed by atoms with Crippen molar-refractivity contribution in [3.05, 3.63) is 77.1 Å². The fourth-order valence-electron chi connectivity index (χ4n) is 3.37. The van der Waals surface area contributed by atoms with E-state index in [4.69, 9.17) is 10.5 Å². The number of nitrogens with zero attached hydrogens (tertiary/aromatic N) is 4. The Morgan fingerprint density at radius 2 is 1.90 bits per heavy atom. The first-order valence-electron chi connectivity index (χ1n) is 9.02. The summed E-state index contributed by atoms with van der Waals surface area (Å²) in [5.41, 5.74) is 7.57. The Kier molecular flexibility index (Phi) is 4.59. The topological polar surface area (TPSA) is 105 Å². The summed E-state index contributed by atoms with van der Waals surface area (Å²) in [6, 6.07) is 14.5. The molecule has 2 N–H and O–H groups in total. The van der Waals surface area contributed by atoms with Crippen LogP contribution in [0.5, 0.6) is 0 Å². The van der Waals surface area contributed by atoms with E-state index in [9.17, 15) is 9.59 Å². The fourth-order valence-corrected chi connectivity index (χ4v) is 3.37. The molecule has 2 aromatic heterocycles. The van der Waals surface area contributed by atoms with Gasteiger partial charge in [0.15, 0.2) is 11.9 Å². The highest BCUT2D eigenvalue weighted by Crippen LogP contribution is 2.27. The molecule has 1 atom stereocenters. The number of carbonyl (C=O) groups excluding carboxylic acids is 1. The Morgan fingerprint density at radius 1 is 1.14 bits per heavy atom. The van der Waals surface area contributed by atoms with Crippen LogP contribution in [0.4, 0.5) is 4.79 Å². The van der Waals surface area contributed by atoms with Crippen LogP contribution in [0.3, 0.4) is 0 Å². The lowest BCUT2D eigenvalue weighted by Crippen LogP contribution is -2.28. The second-order valence-electron chi connectivity index (χ2n) is 6.63. The van der Waals surface area contributed by atoms with Gasteiger partial charge in [-0.05, 0) is 30.7 Å². The number of hydrogen-bond acceptors (Lipinski definition) is 5. The maximum Gasteiger partial charge on any atom is 0.405 e. The summed E-state index contributed by atoms with van der Waals surface area (Å²) in [6.07, 6.45) is 1.80. The number of para-hydroxylation sites is 1. The average molecular weight is 389 g/mol. The lowest BCUT2D eigenvalue weighted by Gasteiger charge is -2.19. The molecule has 0 saturated heterocycles. The largest absolute Gasteiger partial charge is 0.439 e. The number of hydrogen-bond donors (Lipinski definition) is 1. The Morgan fingerprint density at radius 3 is 2.55 bits per heavy atom. The van der Waals surface area contributed by atoms with Crippen molar-refractivity contribution in [2.45, 2.75) is 13.0 Å². The predicted octanol–water partition coefficient (Wildman–Crippen LogP) is 2.94. The van der Waals surface area contributed by atoms with E-state index in [0.29, 0.717) is 16.6 Å². The Labute approximate surface area is 166 Å². The number of amides is 1. The van der Waals surface area contributed by atoms with E-state index in [2.05, 4.69) is 10.1 Å². The number of aryl methyl sites for hydroxylation is 1. The molecule has 0 radical (unpaired) electrons. The standard InChI is InChI=1S/C21H19N5O3/c1-13(29-21(22)28)19-24-17-10-6-9-16(14-11-23-25(2)12-14)18(17)20(27)26(19)15-7-4-3-5-8-15/h3-13H,1-2H3,(H2,22,28). The minimum Gasteiger partial charge on any atom is -0.439 e. The fraction of sp³-hybridized carbons (Fsp3) is 0.143. The number of primary amides is 1. The molecule has 0 aliphatic carbocycles. The van der Waals surface area contributed by atoms with Gasteiger partial charge in [-0.25, -0.2) is 9.78 Å². The van der Waals surface area contributed by atoms with Gasteiger partial charge in [0.25, 0.3) is 5.56 Å². The zero-order valence-electron chi connectivity index (χ0n) is 15.9. The molecule has 8 heteroatoms. The van der Waals surface area contributed by atoms with Crippen LogP contribution < -0.4 is 11.3 Å². The zero-order valence-corrected chi connectivity index (χ0v) is 15.9. The highest BCUT2D eigenvalue weighted by atomic mass is 16.6. The first kappa shape index (κ1) is 18.4. The number of fused-ring (bicyclic) bond motifs is 1. The number of nitrogens with two attached hydrogens (primary N) is 1. The molecule has 146 valence electrons. The summed E-state index contributed by atoms with van der Waals surface area (Å²) in [4.78, 5) is 29.6. The van der Waals surface area contributed by atoms with Crippen molar-refractivity contribution in [2.24, 2.45) is 12.8 Å². The molecule has 2 heterocycles. The van der Waals surface area contributed by atoms with Gasteiger partial charge in [0, 0.05) is 18.8 Å². The molecule has 4 rings (SSSR count). The zero-order chi connectivity index (χ0) is 20.5. The van der Waals surface area contributed by atoms with E-state index in [1.54, 1.807) is 36.0 Å². The number of benzene rings is 2. The molecule has 0 fully saturated rings. The normalized spacial score (nSPS) is 12.1. The number of aromatic nitrogens is 4. The van der Waals surface area contributed by atoms with E-state index < -0.39 is 12.2 Å². The van der Waals surface area contributed by atoms with Crippen molar-refractivity contribution in [3.8, 4) is 16.8 Å². The van der Waals surface area contributed by atoms with Gasteiger partial charge >= 0.3 is 6.09 Å². The lowest BCUT2D eigenvalue weighted by molar-refractivity contribution is 0.110. The van der Waals surface area contributed by atoms with Crippen molar-refractivity contribution in [2.75, 3.05) is 0 Å². The molecule has 0 aliphatic rings. The molecular formula is C21H19N5O3. The van der Waals surface area contributed by atoms with E-state index in [1.807, 2.05) is 43.6 Å². The number of rotatable bonds is 4. The summed E-state index contributed by atoms with van der Waals surface area (Å²) < 4.78 is 8.25. The highest BCUT2D eigenvalue weighted by Gasteiger charge is 2.22. The molecule has 0 aliphatic heterocycles. The summed E-state index contributed by atoms with van der Waals surface area (Å²) in [5.74, 6) is 0.288. The van der Waals surface area contributed by atoms with Crippen LogP contribution in [0.15, 0.2) is 65.7 Å². The van der Waals surface area contributed by atoms with Crippen molar-refractivity contribution in [1.82, 2.24) is 19.3 Å². The molecule has 0 spiro atoms. The molecule has 4 aromatic rings. The van der Waals surface area contributed by atoms with Gasteiger partial charge < -0.3 is 10.5 Å². The minimum absolute atomic E-state index is 0.268. The van der Waals surface area contributed by atoms with Crippen LogP contribution in [0.1, 0.15) is 18.9 Å². The molecule has 2 aromatic carbocycles. The summed E-state index contributed by atoms with van der Waals surface area (Å²) in [5, 5.41) is 4.66. The van der Waals surface area contributed by atoms with Crippen LogP contribution in [-0.2, 0) is 11.8 Å². The Balaban J connectivity index is 2.06. The summed E-state index contributed by atoms with van der Waals surface area (Å²) >= 11 is 0. The molecule has 8 nitrogen and oxygen atoms in total. The Bertz CT molecular complexity index is 1260. The van der Waals surface area contributed by atoms with Crippen LogP contribution in [0.25, 0.3) is 27.7 Å². The first-order valence-corrected chi connectivity index (χ1v) is 9.02. The van der Waals surface area contributed by atoms with Gasteiger partial charge in [-0.2, -0.15) is 5.10 Å². The third-order valence-electron chi connectivity index (χ3n) is 4.61. The predicted molar refractivity (Wildman–Crippen MR) is 109 cm³/mol. The third-order valence-corrected chi connectivity index (χ3v) is 4.61. The van der Waals surface area contributed by atoms with E-state index in [1.165, 1.54) is 4.57 Å². The lowest BCUT2D eigenvalue weighted by atomic mass is 10.0. The van der Waals surface area contributed by atoms with E-state index in [-0.39, 0.29) is 11.4 Å². The summed E-state index contributed by atoms with van der Waals surface area (Å²) in [7, 11) is 1.82. The maximum absolute atomic E-state index is 13.7. The molecule has 1 amide bonds. The van der Waals surface area contributed by atoms with Crippen LogP contribution in [0.2, 0.25) is 0 Å². The highest BCUT2D eigenvalue weighted by molar-refractivity contribution is 5.94. The van der Waals surface area contributed by atoms with Crippen molar-refractivity contribution >= 4 is 17.0 Å². The van der Waals surface area contributed by atoms with Crippen molar-refractivity contribution < 1.29 is 9.53 Å². The van der Waals surface area contributed by atoms with Gasteiger partial charge in [0.2, 0.25) is 0 Å². The smallest absolute Gasteiger partial charge is 0.405 e. The molecule has 0 saturated carbocycles. The van der Waals surface area contributed by atoms with Gasteiger partial charge in [0.05, 0.1) is 22.8 Å². The monoisotopic (exact) mass is 389 g/mol. The van der Waals surface area contributed by atoms with Crippen LogP contribution in [-0.4, -0.2) is 25.4 Å². The van der Waals surface area contributed by atoms with Crippen molar-refractivity contribution in [3.63, 3.8) is 0 Å². The second kappa shape index (κ2) is 7.23. The SMILES string of the molecule is CC(OC(N)=O)c1nc2cccc(-c3cnn(C)c3)c2c(=O)n1-c1ccccc1. The average Bonchev–Trinajstić information content (AvgIpc) is 3.13. The molecule has 29 heavy (non-hydrogen) atoms. The van der Waals surface area contributed by atoms with Crippen molar-refractivity contribution in [1.29, 1.82) is 0 Å². The Hall–Kier alpha value is -3.94. The number of ether oxygens (including phenoxy) is 1. The molecule has 0 bridgehead atoms. The molecular weight excluding hydrogens is 370 g/mol. The summed E-state index contributed by atoms with van der Waals surface area (Å²) in [6.45, 7) is 1.63. The maximum atomic E-state index is 13.7. The van der Waals surface area contributed by atoms with Gasteiger partial charge in [-0.15, -0.1) is 0 Å². The quantitative estimate of drug-likeness (QED) is 0.578. The van der Waals surface area contributed by atoms with E-state index >= 15 is 0 Å². The third kappa shape index (κ3) is 3.36. The van der Waals surface area contributed by atoms with Gasteiger partial charge in [-0.1, -0.05) is 30.3 Å². The number of carbonyl (C=O) groups is 1. The second-order valence-corrected chi connectivity index (χ2v) is 6.63. The van der Waals surface area contributed by atoms with Gasteiger partial charge in [-0.3, -0.25) is 14.0 Å². The van der Waals surface area contributed by atoms with E-state index in [0.717, 1.165) is 11.1 Å². The first-order chi connectivity index (χ1) is 14.0. The molecule has 1 unspecified atom stereocenters. The van der Waals surface area contributed by atoms with Crippen LogP contribution in [0, 0.1) is 0 Å². The minimum atomic E-state index is -0.935. The van der Waals surface area contributed by atoms with Gasteiger partial charge in [0.1, 0.15) is 0 Å².